The molecule has 1 aromatic heterocycles. The minimum atomic E-state index is -1.45. The van der Waals surface area contributed by atoms with Crippen molar-refractivity contribution in [2.45, 2.75) is 0 Å². The Balaban J connectivity index is 3.60. The second-order valence-corrected chi connectivity index (χ2v) is 3.19. The molecule has 0 atom stereocenters. The molecule has 7 heteroatoms. The van der Waals surface area contributed by atoms with Crippen molar-refractivity contribution in [2.75, 3.05) is 6.54 Å². The predicted molar refractivity (Wildman–Crippen MR) is 62.2 cm³/mol. The van der Waals surface area contributed by atoms with Crippen LogP contribution in [0.5, 0.6) is 0 Å². The van der Waals surface area contributed by atoms with E-state index in [1.807, 2.05) is 0 Å². The van der Waals surface area contributed by atoms with Gasteiger partial charge in [-0.1, -0.05) is 12.7 Å². The van der Waals surface area contributed by atoms with Crippen LogP contribution in [-0.2, 0) is 0 Å². The van der Waals surface area contributed by atoms with E-state index in [2.05, 4.69) is 6.58 Å². The van der Waals surface area contributed by atoms with E-state index in [9.17, 15) is 19.7 Å². The van der Waals surface area contributed by atoms with E-state index < -0.39 is 28.6 Å². The molecule has 0 radical (unpaired) electrons. The molecule has 1 rings (SSSR count). The summed E-state index contributed by atoms with van der Waals surface area (Å²) in [6.45, 7) is 2.89. The number of hydrogen-bond donors (Lipinski definition) is 1. The highest BCUT2D eigenvalue weighted by Gasteiger charge is 2.10. The van der Waals surface area contributed by atoms with E-state index in [1.165, 1.54) is 12.2 Å². The molecule has 7 nitrogen and oxygen atoms in total. The average Bonchev–Trinajstić information content (AvgIpc) is 2.27. The number of carbonyl (C=O) groups is 1. The Morgan fingerprint density at radius 3 is 2.78 bits per heavy atom. The summed E-state index contributed by atoms with van der Waals surface area (Å²) in [5, 5.41) is 19.2. The van der Waals surface area contributed by atoms with Gasteiger partial charge in [0.05, 0.1) is 0 Å². The molecule has 0 saturated carbocycles. The zero-order valence-electron chi connectivity index (χ0n) is 9.16. The van der Waals surface area contributed by atoms with E-state index in [-0.39, 0.29) is 10.6 Å². The van der Waals surface area contributed by atoms with Crippen molar-refractivity contribution in [3.63, 3.8) is 0 Å². The van der Waals surface area contributed by atoms with Crippen molar-refractivity contribution >= 4 is 18.1 Å². The maximum absolute atomic E-state index is 11.3. The van der Waals surface area contributed by atoms with Crippen LogP contribution in [0.25, 0.3) is 12.2 Å². The van der Waals surface area contributed by atoms with Crippen molar-refractivity contribution in [3.8, 4) is 0 Å². The second kappa shape index (κ2) is 5.58. The number of hydrogen-bond acceptors (Lipinski definition) is 5. The van der Waals surface area contributed by atoms with Crippen molar-refractivity contribution < 1.29 is 19.2 Å². The Morgan fingerprint density at radius 1 is 1.61 bits per heavy atom. The third kappa shape index (κ3) is 3.14. The van der Waals surface area contributed by atoms with E-state index in [1.54, 1.807) is 0 Å². The maximum Gasteiger partial charge on any atom is 0.351 e. The third-order valence-electron chi connectivity index (χ3n) is 1.97. The minimum Gasteiger partial charge on any atom is -0.477 e. The fourth-order valence-electron chi connectivity index (χ4n) is 1.22. The van der Waals surface area contributed by atoms with Crippen LogP contribution in [0, 0.1) is 10.1 Å². The first-order valence-corrected chi connectivity index (χ1v) is 4.78. The van der Waals surface area contributed by atoms with Gasteiger partial charge in [-0.05, 0) is 18.2 Å². The summed E-state index contributed by atoms with van der Waals surface area (Å²) in [6.07, 6.45) is 3.80. The van der Waals surface area contributed by atoms with E-state index in [0.29, 0.717) is 0 Å². The molecule has 94 valence electrons. The largest absolute Gasteiger partial charge is 0.477 e. The van der Waals surface area contributed by atoms with E-state index >= 15 is 0 Å². The summed E-state index contributed by atoms with van der Waals surface area (Å²) in [7, 11) is 0. The Hall–Kier alpha value is -2.70. The molecule has 0 saturated heterocycles. The highest BCUT2D eigenvalue weighted by Crippen LogP contribution is 1.84. The van der Waals surface area contributed by atoms with Gasteiger partial charge in [0, 0.05) is 10.1 Å². The van der Waals surface area contributed by atoms with Crippen LogP contribution in [0.4, 0.5) is 0 Å². The van der Waals surface area contributed by atoms with E-state index in [4.69, 9.17) is 9.52 Å². The van der Waals surface area contributed by atoms with E-state index in [0.717, 1.165) is 12.1 Å². The van der Waals surface area contributed by atoms with Gasteiger partial charge in [-0.15, -0.1) is 0 Å². The standard InChI is InChI=1S/C11H9NO6/c1-2-3-9-7(4-5-12(16)17)6-8(10(13)14)11(15)18-9/h2-4,6H,1,5H2,(H,13,14)/b7-4-,9-3+. The number of carboxylic acids is 1. The summed E-state index contributed by atoms with van der Waals surface area (Å²) in [4.78, 5) is 31.7. The minimum absolute atomic E-state index is 0.0295. The number of carboxylic acid groups (broad SMARTS) is 1. The normalized spacial score (nSPS) is 12.4. The molecule has 18 heavy (non-hydrogen) atoms. The maximum atomic E-state index is 11.3. The first-order chi connectivity index (χ1) is 8.45. The first-order valence-electron chi connectivity index (χ1n) is 4.78. The van der Waals surface area contributed by atoms with Crippen molar-refractivity contribution in [1.82, 2.24) is 0 Å². The van der Waals surface area contributed by atoms with Gasteiger partial charge < -0.3 is 9.52 Å². The molecule has 0 aliphatic carbocycles. The molecule has 0 spiro atoms. The molecule has 0 amide bonds. The fraction of sp³-hybridized carbons (Fsp3) is 0.0909. The van der Waals surface area contributed by atoms with Gasteiger partial charge in [-0.25, -0.2) is 9.59 Å². The molecule has 1 N–H and O–H groups in total. The lowest BCUT2D eigenvalue weighted by Gasteiger charge is -1.93. The van der Waals surface area contributed by atoms with Gasteiger partial charge in [0.1, 0.15) is 11.0 Å². The number of rotatable bonds is 4. The molecule has 0 aliphatic heterocycles. The summed E-state index contributed by atoms with van der Waals surface area (Å²) in [5.74, 6) is -1.45. The smallest absolute Gasteiger partial charge is 0.351 e. The molecule has 0 aliphatic rings. The van der Waals surface area contributed by atoms with Crippen LogP contribution in [0.3, 0.4) is 0 Å². The topological polar surface area (TPSA) is 111 Å². The zero-order chi connectivity index (χ0) is 13.7. The van der Waals surface area contributed by atoms with Crippen molar-refractivity contribution in [3.05, 3.63) is 55.5 Å². The van der Waals surface area contributed by atoms with Gasteiger partial charge in [-0.3, -0.25) is 10.1 Å². The highest BCUT2D eigenvalue weighted by atomic mass is 16.6. The number of nitrogens with zero attached hydrogens (tertiary/aromatic N) is 1. The molecule has 1 aromatic rings. The predicted octanol–water partition coefficient (Wildman–Crippen LogP) is -0.638. The van der Waals surface area contributed by atoms with Gasteiger partial charge >= 0.3 is 11.6 Å². The van der Waals surface area contributed by atoms with Gasteiger partial charge in [0.15, 0.2) is 0 Å². The Bertz CT molecular complexity index is 670. The van der Waals surface area contributed by atoms with Crippen LogP contribution in [0.1, 0.15) is 10.4 Å². The number of nitro groups is 1. The molecular formula is C11H9NO6. The number of allylic oxidation sites excluding steroid dienone is 1. The molecule has 0 bridgehead atoms. The lowest BCUT2D eigenvalue weighted by molar-refractivity contribution is -0.464. The first kappa shape index (κ1) is 13.4. The van der Waals surface area contributed by atoms with Gasteiger partial charge in [0.25, 0.3) is 0 Å². The molecule has 0 fully saturated rings. The Kier molecular flexibility index (Phi) is 4.14. The SMILES string of the molecule is C=C/C=c1/oc(=O)c(C(=O)O)c/c1=C/C[N+](=O)[O-]. The van der Waals surface area contributed by atoms with Crippen LogP contribution in [0.15, 0.2) is 27.9 Å². The summed E-state index contributed by atoms with van der Waals surface area (Å²) in [5.41, 5.74) is -1.57. The van der Waals surface area contributed by atoms with Gasteiger partial charge in [-0.2, -0.15) is 0 Å². The molecule has 1 heterocycles. The van der Waals surface area contributed by atoms with Crippen LogP contribution in [-0.4, -0.2) is 22.5 Å². The van der Waals surface area contributed by atoms with Crippen LogP contribution in [0.2, 0.25) is 0 Å². The Labute approximate surface area is 100 Å². The van der Waals surface area contributed by atoms with Crippen molar-refractivity contribution in [2.24, 2.45) is 0 Å². The highest BCUT2D eigenvalue weighted by molar-refractivity contribution is 5.86. The lowest BCUT2D eigenvalue weighted by Crippen LogP contribution is -2.33. The monoisotopic (exact) mass is 251 g/mol. The molecule has 0 aromatic carbocycles. The van der Waals surface area contributed by atoms with Gasteiger partial charge in [0.2, 0.25) is 6.54 Å². The molecular weight excluding hydrogens is 242 g/mol. The Morgan fingerprint density at radius 2 is 2.28 bits per heavy atom. The summed E-state index contributed by atoms with van der Waals surface area (Å²) in [6, 6.07) is 1.03. The second-order valence-electron chi connectivity index (χ2n) is 3.19. The van der Waals surface area contributed by atoms with Crippen LogP contribution >= 0.6 is 0 Å². The lowest BCUT2D eigenvalue weighted by atomic mass is 10.2. The summed E-state index contributed by atoms with van der Waals surface area (Å²) < 4.78 is 4.76. The number of aromatic carboxylic acids is 1. The van der Waals surface area contributed by atoms with Crippen LogP contribution < -0.4 is 16.3 Å². The quantitative estimate of drug-likeness (QED) is 0.563. The average molecular weight is 251 g/mol. The third-order valence-corrected chi connectivity index (χ3v) is 1.97. The summed E-state index contributed by atoms with van der Waals surface area (Å²) >= 11 is 0. The van der Waals surface area contributed by atoms with Crippen molar-refractivity contribution in [1.29, 1.82) is 0 Å². The zero-order valence-corrected chi connectivity index (χ0v) is 9.16. The fourth-order valence-corrected chi connectivity index (χ4v) is 1.22. The molecule has 0 unspecified atom stereocenters.